The molecule has 1 saturated carbocycles. The number of halogens is 2. The number of hydrogen-bond donors (Lipinski definition) is 2. The van der Waals surface area contributed by atoms with Crippen molar-refractivity contribution in [1.82, 2.24) is 9.88 Å². The molecule has 33 heavy (non-hydrogen) atoms. The second kappa shape index (κ2) is 9.65. The molecule has 0 aliphatic heterocycles. The van der Waals surface area contributed by atoms with E-state index in [0.717, 1.165) is 48.0 Å². The van der Waals surface area contributed by atoms with Crippen molar-refractivity contribution in [2.45, 2.75) is 38.6 Å². The smallest absolute Gasteiger partial charge is 0.170 e. The van der Waals surface area contributed by atoms with Crippen molar-refractivity contribution in [3.05, 3.63) is 52.9 Å². The number of nitrogens with zero attached hydrogens (tertiary/aromatic N) is 2. The number of pyridine rings is 1. The molecule has 5 nitrogen and oxygen atoms in total. The Morgan fingerprint density at radius 1 is 1.24 bits per heavy atom. The third kappa shape index (κ3) is 5.12. The molecule has 1 aliphatic rings. The number of phenolic OH excluding ortho intramolecular Hbond substituents is 1. The van der Waals surface area contributed by atoms with Crippen LogP contribution in [0.15, 0.2) is 36.5 Å². The zero-order valence-electron chi connectivity index (χ0n) is 19.2. The van der Waals surface area contributed by atoms with Gasteiger partial charge in [-0.05, 0) is 81.6 Å². The summed E-state index contributed by atoms with van der Waals surface area (Å²) in [6, 6.07) is 8.64. The highest BCUT2D eigenvalue weighted by atomic mass is 35.5. The summed E-state index contributed by atoms with van der Waals surface area (Å²) in [4.78, 5) is 19.2. The molecule has 1 heterocycles. The summed E-state index contributed by atoms with van der Waals surface area (Å²) >= 11 is 6.00. The summed E-state index contributed by atoms with van der Waals surface area (Å²) in [7, 11) is 4.20. The molecule has 2 atom stereocenters. The number of benzene rings is 2. The van der Waals surface area contributed by atoms with E-state index in [9.17, 15) is 14.3 Å². The molecular formula is C26H29ClFN3O2. The molecule has 174 valence electrons. The standard InChI is InChI=1S/C26H29ClFN3O2/c1-15(32)21-13-29-24-8-7-17(18-11-22(27)26(33)23(28)12-18)10-20(24)25(21)30-19-6-4-5-16(9-19)14-31(2)3/h7-8,10-13,16,19,33H,4-6,9,14H2,1-3H3,(H,29,30)/t16-,19-/m1/s1. The summed E-state index contributed by atoms with van der Waals surface area (Å²) in [6.07, 6.45) is 6.07. The fourth-order valence-electron chi connectivity index (χ4n) is 4.84. The van der Waals surface area contributed by atoms with Gasteiger partial charge in [0.15, 0.2) is 17.3 Å². The molecule has 0 spiro atoms. The van der Waals surface area contributed by atoms with Crippen LogP contribution in [0.1, 0.15) is 43.0 Å². The second-order valence-electron chi connectivity index (χ2n) is 9.26. The minimum atomic E-state index is -0.777. The zero-order chi connectivity index (χ0) is 23.7. The van der Waals surface area contributed by atoms with Gasteiger partial charge in [-0.3, -0.25) is 9.78 Å². The van der Waals surface area contributed by atoms with Gasteiger partial charge in [0.25, 0.3) is 0 Å². The van der Waals surface area contributed by atoms with Gasteiger partial charge in [-0.2, -0.15) is 0 Å². The Morgan fingerprint density at radius 3 is 2.73 bits per heavy atom. The molecule has 1 fully saturated rings. The number of carbonyl (C=O) groups is 1. The van der Waals surface area contributed by atoms with Crippen molar-refractivity contribution in [3.63, 3.8) is 0 Å². The molecule has 0 unspecified atom stereocenters. The van der Waals surface area contributed by atoms with Crippen LogP contribution in [0.5, 0.6) is 5.75 Å². The van der Waals surface area contributed by atoms with Crippen molar-refractivity contribution in [1.29, 1.82) is 0 Å². The number of aromatic nitrogens is 1. The highest BCUT2D eigenvalue weighted by molar-refractivity contribution is 6.32. The lowest BCUT2D eigenvalue weighted by Gasteiger charge is -2.32. The Bertz CT molecular complexity index is 1170. The maximum atomic E-state index is 14.1. The topological polar surface area (TPSA) is 65.5 Å². The first-order valence-corrected chi connectivity index (χ1v) is 11.6. The zero-order valence-corrected chi connectivity index (χ0v) is 19.9. The van der Waals surface area contributed by atoms with Gasteiger partial charge in [0.2, 0.25) is 0 Å². The Balaban J connectivity index is 1.76. The highest BCUT2D eigenvalue weighted by Crippen LogP contribution is 2.36. The molecule has 1 aliphatic carbocycles. The largest absolute Gasteiger partial charge is 0.504 e. The molecule has 0 bridgehead atoms. The van der Waals surface area contributed by atoms with Gasteiger partial charge in [0.05, 0.1) is 21.8 Å². The lowest BCUT2D eigenvalue weighted by atomic mass is 9.85. The van der Waals surface area contributed by atoms with Gasteiger partial charge in [0.1, 0.15) is 0 Å². The first-order valence-electron chi connectivity index (χ1n) is 11.3. The van der Waals surface area contributed by atoms with Crippen molar-refractivity contribution in [2.24, 2.45) is 5.92 Å². The fourth-order valence-corrected chi connectivity index (χ4v) is 5.04. The number of Topliss-reactive ketones (excluding diaryl/α,β-unsaturated/α-hetero) is 1. The summed E-state index contributed by atoms with van der Waals surface area (Å²) in [6.45, 7) is 2.59. The van der Waals surface area contributed by atoms with Gasteiger partial charge in [-0.15, -0.1) is 0 Å². The molecule has 0 radical (unpaired) electrons. The maximum Gasteiger partial charge on any atom is 0.170 e. The van der Waals surface area contributed by atoms with E-state index in [1.165, 1.54) is 18.6 Å². The summed E-state index contributed by atoms with van der Waals surface area (Å²) in [5.74, 6) is -0.788. The third-order valence-corrected chi connectivity index (χ3v) is 6.64. The van der Waals surface area contributed by atoms with E-state index in [1.807, 2.05) is 18.2 Å². The Labute approximate surface area is 198 Å². The first-order chi connectivity index (χ1) is 15.7. The van der Waals surface area contributed by atoms with Crippen molar-refractivity contribution < 1.29 is 14.3 Å². The number of nitrogens with one attached hydrogen (secondary N) is 1. The normalized spacial score (nSPS) is 18.6. The lowest BCUT2D eigenvalue weighted by molar-refractivity contribution is 0.101. The molecule has 1 aromatic heterocycles. The fraction of sp³-hybridized carbons (Fsp3) is 0.385. The number of ketones is 1. The molecule has 4 rings (SSSR count). The maximum absolute atomic E-state index is 14.1. The van der Waals surface area contributed by atoms with Crippen LogP contribution in [0.25, 0.3) is 22.0 Å². The third-order valence-electron chi connectivity index (χ3n) is 6.35. The van der Waals surface area contributed by atoms with Crippen molar-refractivity contribution in [2.75, 3.05) is 26.0 Å². The minimum absolute atomic E-state index is 0.0480. The van der Waals surface area contributed by atoms with Crippen LogP contribution < -0.4 is 5.32 Å². The van der Waals surface area contributed by atoms with Gasteiger partial charge in [-0.25, -0.2) is 4.39 Å². The van der Waals surface area contributed by atoms with Gasteiger partial charge in [0, 0.05) is 24.2 Å². The van der Waals surface area contributed by atoms with Gasteiger partial charge < -0.3 is 15.3 Å². The summed E-state index contributed by atoms with van der Waals surface area (Å²) in [5.41, 5.74) is 3.33. The molecular weight excluding hydrogens is 441 g/mol. The quantitative estimate of drug-likeness (QED) is 0.425. The number of carbonyl (C=O) groups excluding carboxylic acids is 1. The van der Waals surface area contributed by atoms with Crippen LogP contribution >= 0.6 is 11.6 Å². The predicted octanol–water partition coefficient (Wildman–Crippen LogP) is 6.13. The van der Waals surface area contributed by atoms with Crippen molar-refractivity contribution >= 4 is 34.0 Å². The SMILES string of the molecule is CC(=O)c1cnc2ccc(-c3cc(F)c(O)c(Cl)c3)cc2c1N[C@@H]1CCC[C@@H](CN(C)C)C1. The monoisotopic (exact) mass is 469 g/mol. The first kappa shape index (κ1) is 23.5. The average Bonchev–Trinajstić information content (AvgIpc) is 2.76. The molecule has 2 N–H and O–H groups in total. The van der Waals surface area contributed by atoms with Crippen molar-refractivity contribution in [3.8, 4) is 16.9 Å². The van der Waals surface area contributed by atoms with E-state index in [4.69, 9.17) is 11.6 Å². The minimum Gasteiger partial charge on any atom is -0.504 e. The molecule has 7 heteroatoms. The number of anilines is 1. The van der Waals surface area contributed by atoms with E-state index in [2.05, 4.69) is 29.3 Å². The van der Waals surface area contributed by atoms with E-state index >= 15 is 0 Å². The van der Waals surface area contributed by atoms with Crippen LogP contribution in [0, 0.1) is 11.7 Å². The van der Waals surface area contributed by atoms with Crippen LogP contribution in [-0.4, -0.2) is 47.5 Å². The number of phenols is 1. The Morgan fingerprint density at radius 2 is 2.03 bits per heavy atom. The van der Waals surface area contributed by atoms with Crippen LogP contribution in [0.4, 0.5) is 10.1 Å². The van der Waals surface area contributed by atoms with Crippen LogP contribution in [0.2, 0.25) is 5.02 Å². The lowest BCUT2D eigenvalue weighted by Crippen LogP contribution is -2.32. The van der Waals surface area contributed by atoms with E-state index in [0.29, 0.717) is 17.0 Å². The van der Waals surface area contributed by atoms with Gasteiger partial charge >= 0.3 is 0 Å². The van der Waals surface area contributed by atoms with E-state index in [1.54, 1.807) is 13.1 Å². The number of rotatable bonds is 6. The second-order valence-corrected chi connectivity index (χ2v) is 9.67. The number of fused-ring (bicyclic) bond motifs is 1. The summed E-state index contributed by atoms with van der Waals surface area (Å²) in [5, 5.41) is 14.1. The highest BCUT2D eigenvalue weighted by Gasteiger charge is 2.24. The number of hydrogen-bond acceptors (Lipinski definition) is 5. The van der Waals surface area contributed by atoms with E-state index < -0.39 is 11.6 Å². The molecule has 3 aromatic rings. The Kier molecular flexibility index (Phi) is 6.86. The predicted molar refractivity (Wildman–Crippen MR) is 132 cm³/mol. The number of aromatic hydroxyl groups is 1. The Hall–Kier alpha value is -2.70. The van der Waals surface area contributed by atoms with Crippen LogP contribution in [-0.2, 0) is 0 Å². The molecule has 0 amide bonds. The summed E-state index contributed by atoms with van der Waals surface area (Å²) < 4.78 is 14.1. The van der Waals surface area contributed by atoms with Crippen LogP contribution in [0.3, 0.4) is 0 Å². The molecule has 2 aromatic carbocycles. The van der Waals surface area contributed by atoms with Gasteiger partial charge in [-0.1, -0.05) is 24.1 Å². The average molecular weight is 470 g/mol. The molecule has 0 saturated heterocycles. The van der Waals surface area contributed by atoms with E-state index in [-0.39, 0.29) is 16.8 Å².